The van der Waals surface area contributed by atoms with E-state index in [1.807, 2.05) is 6.92 Å². The number of nitrogens with one attached hydrogen (secondary N) is 1. The second kappa shape index (κ2) is 8.44. The zero-order chi connectivity index (χ0) is 12.5. The average molecular weight is 257 g/mol. The van der Waals surface area contributed by atoms with Crippen LogP contribution in [0.2, 0.25) is 0 Å². The minimum absolute atomic E-state index is 0.770. The Morgan fingerprint density at radius 1 is 1.41 bits per heavy atom. The van der Waals surface area contributed by atoms with E-state index in [0.717, 1.165) is 50.2 Å². The molecule has 0 aliphatic rings. The number of hydrogen-bond acceptors (Lipinski definition) is 5. The normalized spacial score (nSPS) is 10.8. The van der Waals surface area contributed by atoms with Crippen molar-refractivity contribution in [3.8, 4) is 0 Å². The number of ether oxygens (including phenoxy) is 1. The van der Waals surface area contributed by atoms with Crippen molar-refractivity contribution in [3.63, 3.8) is 0 Å². The van der Waals surface area contributed by atoms with Gasteiger partial charge < -0.3 is 15.0 Å². The van der Waals surface area contributed by atoms with Crippen LogP contribution in [0.25, 0.3) is 0 Å². The standard InChI is InChI=1S/C12H23N3OS/c1-4-13-9-11-10-17-12(14-11)15(5-2)7-8-16-6-3/h10,13H,4-9H2,1-3H3. The first-order chi connectivity index (χ1) is 8.31. The highest BCUT2D eigenvalue weighted by Crippen LogP contribution is 2.20. The van der Waals surface area contributed by atoms with Crippen LogP contribution in [0, 0.1) is 0 Å². The minimum atomic E-state index is 0.770. The second-order valence-electron chi connectivity index (χ2n) is 3.68. The van der Waals surface area contributed by atoms with Gasteiger partial charge in [0.2, 0.25) is 0 Å². The van der Waals surface area contributed by atoms with E-state index in [2.05, 4.69) is 34.4 Å². The summed E-state index contributed by atoms with van der Waals surface area (Å²) in [5.41, 5.74) is 1.13. The van der Waals surface area contributed by atoms with E-state index in [1.54, 1.807) is 11.3 Å². The minimum Gasteiger partial charge on any atom is -0.380 e. The molecule has 0 aliphatic heterocycles. The molecule has 1 N–H and O–H groups in total. The molecule has 98 valence electrons. The van der Waals surface area contributed by atoms with E-state index in [1.165, 1.54) is 0 Å². The van der Waals surface area contributed by atoms with Crippen molar-refractivity contribution in [2.75, 3.05) is 37.7 Å². The Bertz CT molecular complexity index is 304. The fourth-order valence-electron chi connectivity index (χ4n) is 1.48. The third-order valence-electron chi connectivity index (χ3n) is 2.46. The first-order valence-corrected chi connectivity index (χ1v) is 7.17. The van der Waals surface area contributed by atoms with Crippen molar-refractivity contribution in [1.29, 1.82) is 0 Å². The summed E-state index contributed by atoms with van der Waals surface area (Å²) < 4.78 is 5.38. The topological polar surface area (TPSA) is 37.4 Å². The van der Waals surface area contributed by atoms with Gasteiger partial charge in [0.05, 0.1) is 12.3 Å². The van der Waals surface area contributed by atoms with E-state index in [9.17, 15) is 0 Å². The maximum absolute atomic E-state index is 5.38. The van der Waals surface area contributed by atoms with Crippen LogP contribution in [0.4, 0.5) is 5.13 Å². The van der Waals surface area contributed by atoms with Crippen molar-refractivity contribution < 1.29 is 4.74 Å². The highest BCUT2D eigenvalue weighted by Gasteiger charge is 2.08. The van der Waals surface area contributed by atoms with Crippen LogP contribution >= 0.6 is 11.3 Å². The predicted octanol–water partition coefficient (Wildman–Crippen LogP) is 2.12. The van der Waals surface area contributed by atoms with Crippen molar-refractivity contribution in [2.45, 2.75) is 27.3 Å². The van der Waals surface area contributed by atoms with Gasteiger partial charge in [0.15, 0.2) is 5.13 Å². The largest absolute Gasteiger partial charge is 0.380 e. The molecule has 0 saturated heterocycles. The molecule has 17 heavy (non-hydrogen) atoms. The Morgan fingerprint density at radius 3 is 2.88 bits per heavy atom. The monoisotopic (exact) mass is 257 g/mol. The zero-order valence-electron chi connectivity index (χ0n) is 11.0. The van der Waals surface area contributed by atoms with Crippen LogP contribution in [-0.2, 0) is 11.3 Å². The molecule has 0 spiro atoms. The van der Waals surface area contributed by atoms with Gasteiger partial charge in [-0.1, -0.05) is 6.92 Å². The van der Waals surface area contributed by atoms with Crippen LogP contribution in [-0.4, -0.2) is 37.8 Å². The van der Waals surface area contributed by atoms with Gasteiger partial charge in [-0.3, -0.25) is 0 Å². The van der Waals surface area contributed by atoms with Crippen LogP contribution in [0.15, 0.2) is 5.38 Å². The molecule has 0 aromatic carbocycles. The molecular weight excluding hydrogens is 234 g/mol. The van der Waals surface area contributed by atoms with Crippen LogP contribution < -0.4 is 10.2 Å². The second-order valence-corrected chi connectivity index (χ2v) is 4.51. The molecule has 0 aliphatic carbocycles. The molecular formula is C12H23N3OS. The summed E-state index contributed by atoms with van der Waals surface area (Å²) in [6.07, 6.45) is 0. The van der Waals surface area contributed by atoms with Crippen LogP contribution in [0.5, 0.6) is 0 Å². The highest BCUT2D eigenvalue weighted by atomic mass is 32.1. The van der Waals surface area contributed by atoms with Crippen molar-refractivity contribution in [2.24, 2.45) is 0 Å². The van der Waals surface area contributed by atoms with Crippen molar-refractivity contribution >= 4 is 16.5 Å². The lowest BCUT2D eigenvalue weighted by Gasteiger charge is -2.19. The highest BCUT2D eigenvalue weighted by molar-refractivity contribution is 7.13. The quantitative estimate of drug-likeness (QED) is 0.688. The summed E-state index contributed by atoms with van der Waals surface area (Å²) >= 11 is 1.71. The average Bonchev–Trinajstić information content (AvgIpc) is 2.81. The van der Waals surface area contributed by atoms with Gasteiger partial charge in [-0.15, -0.1) is 11.3 Å². The SMILES string of the molecule is CCNCc1csc(N(CC)CCOCC)n1. The Labute approximate surface area is 108 Å². The van der Waals surface area contributed by atoms with Crippen molar-refractivity contribution in [1.82, 2.24) is 10.3 Å². The fraction of sp³-hybridized carbons (Fsp3) is 0.750. The smallest absolute Gasteiger partial charge is 0.185 e. The van der Waals surface area contributed by atoms with Crippen LogP contribution in [0.1, 0.15) is 26.5 Å². The molecule has 4 nitrogen and oxygen atoms in total. The number of rotatable bonds is 9. The lowest BCUT2D eigenvalue weighted by molar-refractivity contribution is 0.154. The summed E-state index contributed by atoms with van der Waals surface area (Å²) in [6, 6.07) is 0. The van der Waals surface area contributed by atoms with Gasteiger partial charge in [0.25, 0.3) is 0 Å². The number of hydrogen-bond donors (Lipinski definition) is 1. The summed E-state index contributed by atoms with van der Waals surface area (Å²) in [4.78, 5) is 6.88. The third kappa shape index (κ3) is 5.02. The molecule has 0 saturated carbocycles. The number of likely N-dealkylation sites (N-methyl/N-ethyl adjacent to an activating group) is 1. The van der Waals surface area contributed by atoms with Crippen molar-refractivity contribution in [3.05, 3.63) is 11.1 Å². The van der Waals surface area contributed by atoms with Gasteiger partial charge in [0, 0.05) is 31.6 Å². The molecule has 5 heteroatoms. The molecule has 1 rings (SSSR count). The predicted molar refractivity (Wildman–Crippen MR) is 73.9 cm³/mol. The first kappa shape index (κ1) is 14.4. The Kier molecular flexibility index (Phi) is 7.16. The Balaban J connectivity index is 2.47. The van der Waals surface area contributed by atoms with E-state index in [0.29, 0.717) is 0 Å². The molecule has 0 radical (unpaired) electrons. The molecule has 1 aromatic rings. The van der Waals surface area contributed by atoms with Gasteiger partial charge >= 0.3 is 0 Å². The van der Waals surface area contributed by atoms with E-state index in [4.69, 9.17) is 4.74 Å². The molecule has 0 amide bonds. The summed E-state index contributed by atoms with van der Waals surface area (Å²) in [5.74, 6) is 0. The van der Waals surface area contributed by atoms with Gasteiger partial charge in [-0.05, 0) is 20.4 Å². The van der Waals surface area contributed by atoms with E-state index in [-0.39, 0.29) is 0 Å². The molecule has 0 unspecified atom stereocenters. The van der Waals surface area contributed by atoms with E-state index >= 15 is 0 Å². The maximum Gasteiger partial charge on any atom is 0.185 e. The molecule has 1 heterocycles. The third-order valence-corrected chi connectivity index (χ3v) is 3.41. The first-order valence-electron chi connectivity index (χ1n) is 6.29. The van der Waals surface area contributed by atoms with Gasteiger partial charge in [-0.2, -0.15) is 0 Å². The fourth-order valence-corrected chi connectivity index (χ4v) is 2.40. The van der Waals surface area contributed by atoms with Crippen LogP contribution in [0.3, 0.4) is 0 Å². The number of nitrogens with zero attached hydrogens (tertiary/aromatic N) is 2. The molecule has 0 bridgehead atoms. The maximum atomic E-state index is 5.38. The lowest BCUT2D eigenvalue weighted by Crippen LogP contribution is -2.27. The number of thiazole rings is 1. The van der Waals surface area contributed by atoms with E-state index < -0.39 is 0 Å². The zero-order valence-corrected chi connectivity index (χ0v) is 11.8. The number of aromatic nitrogens is 1. The Hall–Kier alpha value is -0.650. The molecule has 0 fully saturated rings. The lowest BCUT2D eigenvalue weighted by atomic mass is 10.5. The summed E-state index contributed by atoms with van der Waals surface area (Å²) in [7, 11) is 0. The number of anilines is 1. The summed E-state index contributed by atoms with van der Waals surface area (Å²) in [6.45, 7) is 11.6. The summed E-state index contributed by atoms with van der Waals surface area (Å²) in [5, 5.41) is 6.51. The molecule has 0 atom stereocenters. The Morgan fingerprint density at radius 2 is 2.24 bits per heavy atom. The van der Waals surface area contributed by atoms with Gasteiger partial charge in [0.1, 0.15) is 0 Å². The molecule has 1 aromatic heterocycles. The van der Waals surface area contributed by atoms with Gasteiger partial charge in [-0.25, -0.2) is 4.98 Å².